The summed E-state index contributed by atoms with van der Waals surface area (Å²) in [5, 5.41) is 0.433. The fraction of sp³-hybridized carbons (Fsp3) is 0.0667. The molecule has 3 heterocycles. The number of carbonyl (C=O) groups excluding carboxylic acids is 1. The van der Waals surface area contributed by atoms with Gasteiger partial charge in [0, 0.05) is 29.1 Å². The highest BCUT2D eigenvalue weighted by molar-refractivity contribution is 9.10. The van der Waals surface area contributed by atoms with E-state index in [2.05, 4.69) is 25.9 Å². The van der Waals surface area contributed by atoms with Crippen molar-refractivity contribution >= 4 is 39.1 Å². The average Bonchev–Trinajstić information content (AvgIpc) is 2.53. The van der Waals surface area contributed by atoms with E-state index in [0.717, 1.165) is 0 Å². The number of carbonyl (C=O) groups is 1. The lowest BCUT2D eigenvalue weighted by Gasteiger charge is -2.06. The number of rotatable bonds is 3. The third-order valence-corrected chi connectivity index (χ3v) is 3.63. The number of pyridine rings is 2. The molecule has 3 rings (SSSR count). The van der Waals surface area contributed by atoms with Crippen LogP contribution >= 0.6 is 27.5 Å². The predicted molar refractivity (Wildman–Crippen MR) is 87.5 cm³/mol. The van der Waals surface area contributed by atoms with Crippen LogP contribution in [0.2, 0.25) is 5.02 Å². The van der Waals surface area contributed by atoms with Crippen molar-refractivity contribution in [3.05, 3.63) is 74.0 Å². The Kier molecular flexibility index (Phi) is 4.40. The maximum Gasteiger partial charge on any atom is 0.340 e. The van der Waals surface area contributed by atoms with Crippen LogP contribution in [0.5, 0.6) is 0 Å². The van der Waals surface area contributed by atoms with E-state index in [1.807, 2.05) is 0 Å². The quantitative estimate of drug-likeness (QED) is 0.639. The van der Waals surface area contributed by atoms with Gasteiger partial charge in [0.2, 0.25) is 0 Å². The molecule has 0 aliphatic heterocycles. The Balaban J connectivity index is 1.81. The number of aromatic nitrogens is 3. The molecule has 0 atom stereocenters. The van der Waals surface area contributed by atoms with Crippen LogP contribution in [0.3, 0.4) is 0 Å². The number of hydrogen-bond donors (Lipinski definition) is 0. The lowest BCUT2D eigenvalue weighted by molar-refractivity contribution is 0.0467. The van der Waals surface area contributed by atoms with E-state index in [1.165, 1.54) is 22.9 Å². The van der Waals surface area contributed by atoms with Gasteiger partial charge < -0.3 is 4.74 Å². The first-order valence-corrected chi connectivity index (χ1v) is 7.65. The summed E-state index contributed by atoms with van der Waals surface area (Å²) in [6.45, 7) is -0.111. The maximum absolute atomic E-state index is 12.0. The number of esters is 1. The molecule has 116 valence electrons. The molecule has 3 aromatic rings. The highest BCUT2D eigenvalue weighted by Gasteiger charge is 2.10. The molecular formula is C15H9BrClN3O3. The second kappa shape index (κ2) is 6.47. The van der Waals surface area contributed by atoms with E-state index < -0.39 is 5.97 Å². The van der Waals surface area contributed by atoms with Crippen LogP contribution < -0.4 is 5.56 Å². The number of fused-ring (bicyclic) bond motifs is 1. The van der Waals surface area contributed by atoms with Crippen molar-refractivity contribution < 1.29 is 9.53 Å². The van der Waals surface area contributed by atoms with Crippen molar-refractivity contribution in [3.63, 3.8) is 0 Å². The lowest BCUT2D eigenvalue weighted by atomic mass is 10.3. The van der Waals surface area contributed by atoms with E-state index in [-0.39, 0.29) is 12.2 Å². The Morgan fingerprint density at radius 1 is 1.30 bits per heavy atom. The Bertz CT molecular complexity index is 958. The summed E-state index contributed by atoms with van der Waals surface area (Å²) in [5.41, 5.74) is 0.794. The van der Waals surface area contributed by atoms with Crippen molar-refractivity contribution in [2.45, 2.75) is 6.61 Å². The minimum atomic E-state index is -0.545. The largest absolute Gasteiger partial charge is 0.456 e. The zero-order valence-electron chi connectivity index (χ0n) is 11.6. The van der Waals surface area contributed by atoms with Gasteiger partial charge in [-0.05, 0) is 34.1 Å². The normalized spacial score (nSPS) is 10.7. The molecule has 8 heteroatoms. The standard InChI is InChI=1S/C15H9BrClN3O3/c16-10-3-9(5-18-6-10)15(22)23-8-12-4-14(21)20-7-11(17)1-2-13(20)19-12/h1-7H,8H2. The van der Waals surface area contributed by atoms with Gasteiger partial charge in [0.15, 0.2) is 0 Å². The number of nitrogens with zero attached hydrogens (tertiary/aromatic N) is 3. The van der Waals surface area contributed by atoms with E-state index in [0.29, 0.717) is 26.4 Å². The van der Waals surface area contributed by atoms with Gasteiger partial charge in [0.1, 0.15) is 12.3 Å². The monoisotopic (exact) mass is 393 g/mol. The molecule has 0 N–H and O–H groups in total. The topological polar surface area (TPSA) is 73.6 Å². The van der Waals surface area contributed by atoms with E-state index >= 15 is 0 Å². The first kappa shape index (κ1) is 15.6. The van der Waals surface area contributed by atoms with E-state index in [9.17, 15) is 9.59 Å². The van der Waals surface area contributed by atoms with Crippen LogP contribution in [0.25, 0.3) is 5.65 Å². The minimum Gasteiger partial charge on any atom is -0.456 e. The van der Waals surface area contributed by atoms with Crippen molar-refractivity contribution in [3.8, 4) is 0 Å². The molecule has 0 spiro atoms. The van der Waals surface area contributed by atoms with Crippen LogP contribution in [0.15, 0.2) is 52.1 Å². The third-order valence-electron chi connectivity index (χ3n) is 2.97. The lowest BCUT2D eigenvalue weighted by Crippen LogP contribution is -2.16. The van der Waals surface area contributed by atoms with Crippen molar-refractivity contribution in [2.75, 3.05) is 0 Å². The molecule has 0 radical (unpaired) electrons. The molecule has 0 saturated carbocycles. The molecular weight excluding hydrogens is 386 g/mol. The highest BCUT2D eigenvalue weighted by atomic mass is 79.9. The Morgan fingerprint density at radius 3 is 2.91 bits per heavy atom. The SMILES string of the molecule is O=C(OCc1cc(=O)n2cc(Cl)ccc2n1)c1cncc(Br)c1. The summed E-state index contributed by atoms with van der Waals surface area (Å²) >= 11 is 9.08. The summed E-state index contributed by atoms with van der Waals surface area (Å²) < 4.78 is 7.16. The van der Waals surface area contributed by atoms with Crippen molar-refractivity contribution in [1.82, 2.24) is 14.4 Å². The average molecular weight is 395 g/mol. The molecule has 0 saturated heterocycles. The Labute approximate surface area is 143 Å². The summed E-state index contributed by atoms with van der Waals surface area (Å²) in [6.07, 6.45) is 4.45. The summed E-state index contributed by atoms with van der Waals surface area (Å²) in [6, 6.07) is 6.15. The van der Waals surface area contributed by atoms with Gasteiger partial charge in [0.05, 0.1) is 16.3 Å². The zero-order valence-corrected chi connectivity index (χ0v) is 13.9. The van der Waals surface area contributed by atoms with Gasteiger partial charge in [0.25, 0.3) is 5.56 Å². The van der Waals surface area contributed by atoms with Crippen LogP contribution in [-0.2, 0) is 11.3 Å². The first-order chi connectivity index (χ1) is 11.0. The number of hydrogen-bond acceptors (Lipinski definition) is 5. The summed E-state index contributed by atoms with van der Waals surface area (Å²) in [4.78, 5) is 32.1. The van der Waals surface area contributed by atoms with Crippen molar-refractivity contribution in [1.29, 1.82) is 0 Å². The Hall–Kier alpha value is -2.25. The minimum absolute atomic E-state index is 0.111. The molecule has 0 amide bonds. The maximum atomic E-state index is 12.0. The molecule has 3 aromatic heterocycles. The van der Waals surface area contributed by atoms with E-state index in [1.54, 1.807) is 24.4 Å². The molecule has 0 aliphatic rings. The van der Waals surface area contributed by atoms with Crippen LogP contribution in [0.4, 0.5) is 0 Å². The molecule has 0 fully saturated rings. The van der Waals surface area contributed by atoms with Gasteiger partial charge in [-0.2, -0.15) is 0 Å². The molecule has 0 aromatic carbocycles. The predicted octanol–water partition coefficient (Wildman–Crippen LogP) is 2.86. The smallest absolute Gasteiger partial charge is 0.340 e. The molecule has 0 bridgehead atoms. The zero-order chi connectivity index (χ0) is 16.4. The Morgan fingerprint density at radius 2 is 2.13 bits per heavy atom. The summed E-state index contributed by atoms with van der Waals surface area (Å²) in [7, 11) is 0. The summed E-state index contributed by atoms with van der Waals surface area (Å²) in [5.74, 6) is -0.545. The molecule has 23 heavy (non-hydrogen) atoms. The van der Waals surface area contributed by atoms with Gasteiger partial charge >= 0.3 is 5.97 Å². The van der Waals surface area contributed by atoms with Crippen molar-refractivity contribution in [2.24, 2.45) is 0 Å². The van der Waals surface area contributed by atoms with Crippen LogP contribution in [-0.4, -0.2) is 20.3 Å². The molecule has 6 nitrogen and oxygen atoms in total. The second-order valence-corrected chi connectivity index (χ2v) is 5.98. The van der Waals surface area contributed by atoms with Gasteiger partial charge in [-0.3, -0.25) is 14.2 Å². The van der Waals surface area contributed by atoms with Crippen LogP contribution in [0, 0.1) is 0 Å². The first-order valence-electron chi connectivity index (χ1n) is 6.48. The van der Waals surface area contributed by atoms with Gasteiger partial charge in [-0.15, -0.1) is 0 Å². The van der Waals surface area contributed by atoms with Gasteiger partial charge in [-0.1, -0.05) is 11.6 Å². The fourth-order valence-corrected chi connectivity index (χ4v) is 2.47. The van der Waals surface area contributed by atoms with Crippen LogP contribution in [0.1, 0.15) is 16.1 Å². The van der Waals surface area contributed by atoms with E-state index in [4.69, 9.17) is 16.3 Å². The fourth-order valence-electron chi connectivity index (χ4n) is 1.95. The highest BCUT2D eigenvalue weighted by Crippen LogP contribution is 2.12. The molecule has 0 aliphatic carbocycles. The number of halogens is 2. The third kappa shape index (κ3) is 3.57. The second-order valence-electron chi connectivity index (χ2n) is 4.63. The number of ether oxygens (including phenoxy) is 1. The molecule has 0 unspecified atom stereocenters. The van der Waals surface area contributed by atoms with Gasteiger partial charge in [-0.25, -0.2) is 9.78 Å².